The summed E-state index contributed by atoms with van der Waals surface area (Å²) < 4.78 is 5.88. The van der Waals surface area contributed by atoms with Gasteiger partial charge in [0.2, 0.25) is 11.8 Å². The zero-order valence-electron chi connectivity index (χ0n) is 17.3. The van der Waals surface area contributed by atoms with Crippen molar-refractivity contribution in [3.8, 4) is 5.88 Å². The second-order valence-electron chi connectivity index (χ2n) is 8.49. The Morgan fingerprint density at radius 3 is 2.81 bits per heavy atom. The Kier molecular flexibility index (Phi) is 7.04. The minimum absolute atomic E-state index is 0.0675. The van der Waals surface area contributed by atoms with Crippen LogP contribution in [0.15, 0.2) is 12.3 Å². The van der Waals surface area contributed by atoms with Crippen molar-refractivity contribution in [1.82, 2.24) is 15.2 Å². The molecule has 0 bridgehead atoms. The normalized spacial score (nSPS) is 21.5. The van der Waals surface area contributed by atoms with Crippen LogP contribution < -0.4 is 10.1 Å². The maximum absolute atomic E-state index is 12.9. The van der Waals surface area contributed by atoms with E-state index in [0.29, 0.717) is 18.4 Å². The van der Waals surface area contributed by atoms with E-state index in [1.54, 1.807) is 6.20 Å². The summed E-state index contributed by atoms with van der Waals surface area (Å²) in [4.78, 5) is 19.6. The summed E-state index contributed by atoms with van der Waals surface area (Å²) in [5, 5.41) is 3.31. The van der Waals surface area contributed by atoms with Crippen LogP contribution in [0.4, 0.5) is 0 Å². The Bertz CT molecular complexity index is 615. The van der Waals surface area contributed by atoms with E-state index in [4.69, 9.17) is 4.74 Å². The van der Waals surface area contributed by atoms with Crippen LogP contribution in [0.5, 0.6) is 5.88 Å². The molecule has 2 atom stereocenters. The van der Waals surface area contributed by atoms with E-state index in [1.807, 2.05) is 33.8 Å². The fourth-order valence-corrected chi connectivity index (χ4v) is 3.60. The minimum Gasteiger partial charge on any atom is -0.476 e. The number of hydrogen-bond donors (Lipinski definition) is 1. The molecule has 1 aromatic heterocycles. The van der Waals surface area contributed by atoms with Gasteiger partial charge in [0, 0.05) is 24.3 Å². The first-order chi connectivity index (χ1) is 12.2. The molecule has 1 saturated heterocycles. The predicted molar refractivity (Wildman–Crippen MR) is 105 cm³/mol. The number of aromatic nitrogens is 1. The molecule has 26 heavy (non-hydrogen) atoms. The second kappa shape index (κ2) is 8.85. The number of pyridine rings is 1. The monoisotopic (exact) mass is 361 g/mol. The molecule has 0 unspecified atom stereocenters. The molecule has 2 heterocycles. The Labute approximate surface area is 158 Å². The van der Waals surface area contributed by atoms with Gasteiger partial charge in [-0.15, -0.1) is 0 Å². The van der Waals surface area contributed by atoms with E-state index in [0.717, 1.165) is 43.5 Å². The van der Waals surface area contributed by atoms with Crippen LogP contribution in [0.3, 0.4) is 0 Å². The standard InChI is InChI=1S/C21H35N3O2/c1-7-8-17-13-24(6)10-9-18(17)23-20(25)21(4,5)14-26-19-16(3)11-15(2)12-22-19/h11-12,17-18H,7-10,13-14H2,1-6H3,(H,23,25)/t17-,18-/m1/s1. The van der Waals surface area contributed by atoms with E-state index in [2.05, 4.69) is 29.2 Å². The highest BCUT2D eigenvalue weighted by Gasteiger charge is 2.34. The number of likely N-dealkylation sites (tertiary alicyclic amines) is 1. The highest BCUT2D eigenvalue weighted by molar-refractivity contribution is 5.82. The first kappa shape index (κ1) is 20.7. The van der Waals surface area contributed by atoms with Gasteiger partial charge in [-0.05, 0) is 71.7 Å². The summed E-state index contributed by atoms with van der Waals surface area (Å²) >= 11 is 0. The van der Waals surface area contributed by atoms with E-state index in [9.17, 15) is 4.79 Å². The number of ether oxygens (including phenoxy) is 1. The second-order valence-corrected chi connectivity index (χ2v) is 8.49. The van der Waals surface area contributed by atoms with Crippen molar-refractivity contribution in [2.75, 3.05) is 26.7 Å². The van der Waals surface area contributed by atoms with Gasteiger partial charge in [-0.1, -0.05) is 13.3 Å². The van der Waals surface area contributed by atoms with Gasteiger partial charge in [0.05, 0.1) is 5.41 Å². The molecule has 5 heteroatoms. The van der Waals surface area contributed by atoms with Crippen LogP contribution in [-0.4, -0.2) is 48.6 Å². The van der Waals surface area contributed by atoms with Crippen LogP contribution >= 0.6 is 0 Å². The summed E-state index contributed by atoms with van der Waals surface area (Å²) in [6.07, 6.45) is 5.11. The number of amides is 1. The lowest BCUT2D eigenvalue weighted by molar-refractivity contribution is -0.132. The van der Waals surface area contributed by atoms with Gasteiger partial charge in [-0.2, -0.15) is 0 Å². The maximum Gasteiger partial charge on any atom is 0.229 e. The zero-order chi connectivity index (χ0) is 19.3. The zero-order valence-corrected chi connectivity index (χ0v) is 17.3. The molecule has 1 amide bonds. The number of carbonyl (C=O) groups is 1. The number of carbonyl (C=O) groups excluding carboxylic acids is 1. The van der Waals surface area contributed by atoms with Crippen molar-refractivity contribution < 1.29 is 9.53 Å². The third kappa shape index (κ3) is 5.44. The van der Waals surface area contributed by atoms with Crippen LogP contribution in [0.2, 0.25) is 0 Å². The van der Waals surface area contributed by atoms with E-state index >= 15 is 0 Å². The highest BCUT2D eigenvalue weighted by atomic mass is 16.5. The predicted octanol–water partition coefficient (Wildman–Crippen LogP) is 3.34. The summed E-state index contributed by atoms with van der Waals surface area (Å²) in [5.74, 6) is 1.21. The van der Waals surface area contributed by atoms with Crippen molar-refractivity contribution >= 4 is 5.91 Å². The van der Waals surface area contributed by atoms with E-state index in [-0.39, 0.29) is 11.9 Å². The van der Waals surface area contributed by atoms with Crippen LogP contribution in [0.25, 0.3) is 0 Å². The maximum atomic E-state index is 12.9. The molecular weight excluding hydrogens is 326 g/mol. The number of hydrogen-bond acceptors (Lipinski definition) is 4. The Morgan fingerprint density at radius 1 is 1.42 bits per heavy atom. The molecule has 0 aliphatic carbocycles. The van der Waals surface area contributed by atoms with Crippen LogP contribution in [0.1, 0.15) is 51.2 Å². The molecule has 1 aliphatic heterocycles. The molecular formula is C21H35N3O2. The molecule has 0 aromatic carbocycles. The van der Waals surface area contributed by atoms with Gasteiger partial charge in [0.1, 0.15) is 6.61 Å². The first-order valence-electron chi connectivity index (χ1n) is 9.78. The van der Waals surface area contributed by atoms with E-state index < -0.39 is 5.41 Å². The quantitative estimate of drug-likeness (QED) is 0.809. The minimum atomic E-state index is -0.598. The molecule has 146 valence electrons. The van der Waals surface area contributed by atoms with Crippen molar-refractivity contribution in [3.05, 3.63) is 23.4 Å². The Morgan fingerprint density at radius 2 is 2.15 bits per heavy atom. The van der Waals surface area contributed by atoms with Crippen molar-refractivity contribution in [1.29, 1.82) is 0 Å². The lowest BCUT2D eigenvalue weighted by Gasteiger charge is -2.38. The van der Waals surface area contributed by atoms with Gasteiger partial charge in [0.15, 0.2) is 0 Å². The van der Waals surface area contributed by atoms with Gasteiger partial charge < -0.3 is 15.0 Å². The fraction of sp³-hybridized carbons (Fsp3) is 0.714. The topological polar surface area (TPSA) is 54.5 Å². The highest BCUT2D eigenvalue weighted by Crippen LogP contribution is 2.24. The van der Waals surface area contributed by atoms with E-state index in [1.165, 1.54) is 0 Å². The van der Waals surface area contributed by atoms with Crippen molar-refractivity contribution in [2.45, 2.75) is 59.9 Å². The van der Waals surface area contributed by atoms with Crippen molar-refractivity contribution in [3.63, 3.8) is 0 Å². The van der Waals surface area contributed by atoms with Gasteiger partial charge >= 0.3 is 0 Å². The molecule has 0 saturated carbocycles. The molecule has 1 aliphatic rings. The largest absolute Gasteiger partial charge is 0.476 e. The van der Waals surface area contributed by atoms with Gasteiger partial charge in [-0.25, -0.2) is 4.98 Å². The molecule has 1 aromatic rings. The third-order valence-electron chi connectivity index (χ3n) is 5.26. The smallest absolute Gasteiger partial charge is 0.229 e. The average Bonchev–Trinajstić information content (AvgIpc) is 2.56. The number of nitrogens with one attached hydrogen (secondary N) is 1. The first-order valence-corrected chi connectivity index (χ1v) is 9.78. The van der Waals surface area contributed by atoms with Crippen LogP contribution in [0, 0.1) is 25.2 Å². The van der Waals surface area contributed by atoms with Gasteiger partial charge in [-0.3, -0.25) is 4.79 Å². The molecule has 0 spiro atoms. The lowest BCUT2D eigenvalue weighted by Crippen LogP contribution is -2.53. The number of rotatable bonds is 7. The molecule has 0 radical (unpaired) electrons. The molecule has 5 nitrogen and oxygen atoms in total. The number of aryl methyl sites for hydroxylation is 2. The average molecular weight is 362 g/mol. The number of piperidine rings is 1. The summed E-state index contributed by atoms with van der Waals surface area (Å²) in [6, 6.07) is 2.31. The number of nitrogens with zero attached hydrogens (tertiary/aromatic N) is 2. The fourth-order valence-electron chi connectivity index (χ4n) is 3.60. The van der Waals surface area contributed by atoms with Crippen molar-refractivity contribution in [2.24, 2.45) is 11.3 Å². The molecule has 2 rings (SSSR count). The summed E-state index contributed by atoms with van der Waals surface area (Å²) in [7, 11) is 2.16. The Balaban J connectivity index is 1.95. The molecule has 1 fully saturated rings. The summed E-state index contributed by atoms with van der Waals surface area (Å²) in [6.45, 7) is 12.5. The summed E-state index contributed by atoms with van der Waals surface area (Å²) in [5.41, 5.74) is 1.51. The SMILES string of the molecule is CCC[C@@H]1CN(C)CC[C@H]1NC(=O)C(C)(C)COc1ncc(C)cc1C. The Hall–Kier alpha value is -1.62. The molecule has 1 N–H and O–H groups in total. The third-order valence-corrected chi connectivity index (χ3v) is 5.26. The van der Waals surface area contributed by atoms with Gasteiger partial charge in [0.25, 0.3) is 0 Å². The van der Waals surface area contributed by atoms with Crippen LogP contribution in [-0.2, 0) is 4.79 Å². The lowest BCUT2D eigenvalue weighted by atomic mass is 9.86.